The summed E-state index contributed by atoms with van der Waals surface area (Å²) in [5.41, 5.74) is 4.35. The second-order valence-electron chi connectivity index (χ2n) is 8.50. The fraction of sp³-hybridized carbons (Fsp3) is 0.304. The van der Waals surface area contributed by atoms with Gasteiger partial charge in [0.2, 0.25) is 17.0 Å². The number of nitrogens with one attached hydrogen (secondary N) is 2. The van der Waals surface area contributed by atoms with Crippen LogP contribution in [-0.2, 0) is 11.3 Å². The number of hydrogen-bond donors (Lipinski definition) is 2. The maximum Gasteiger partial charge on any atom is 0.243 e. The molecule has 2 fully saturated rings. The number of rotatable bonds is 7. The predicted octanol–water partition coefficient (Wildman–Crippen LogP) is 5.07. The molecule has 3 aromatic heterocycles. The molecule has 1 amide bonds. The van der Waals surface area contributed by atoms with E-state index in [0.29, 0.717) is 22.6 Å². The number of halogens is 1. The molecule has 2 aliphatic rings. The van der Waals surface area contributed by atoms with Crippen LogP contribution in [-0.4, -0.2) is 24.6 Å². The minimum atomic E-state index is -0.0631. The maximum atomic E-state index is 12.6. The normalized spacial score (nSPS) is 19.8. The van der Waals surface area contributed by atoms with Crippen LogP contribution in [0.15, 0.2) is 48.8 Å². The zero-order valence-corrected chi connectivity index (χ0v) is 18.7. The average Bonchev–Trinajstić information content (AvgIpc) is 3.70. The lowest BCUT2D eigenvalue weighted by Crippen LogP contribution is -2.15. The van der Waals surface area contributed by atoms with Gasteiger partial charge in [0.15, 0.2) is 0 Å². The fourth-order valence-corrected chi connectivity index (χ4v) is 4.83. The smallest absolute Gasteiger partial charge is 0.243 e. The van der Waals surface area contributed by atoms with Crippen molar-refractivity contribution in [1.29, 1.82) is 0 Å². The van der Waals surface area contributed by atoms with Crippen molar-refractivity contribution in [3.05, 3.63) is 70.6 Å². The molecule has 2 saturated carbocycles. The molecule has 4 aromatic rings. The molecule has 32 heavy (non-hydrogen) atoms. The molecular formula is C23H21ClN6OS. The summed E-state index contributed by atoms with van der Waals surface area (Å²) in [6.45, 7) is 0.544. The van der Waals surface area contributed by atoms with Crippen molar-refractivity contribution in [3.63, 3.8) is 0 Å². The Bertz CT molecular complexity index is 1310. The average molecular weight is 465 g/mol. The van der Waals surface area contributed by atoms with Gasteiger partial charge in [-0.1, -0.05) is 29.8 Å². The van der Waals surface area contributed by atoms with Gasteiger partial charge < -0.3 is 9.72 Å². The van der Waals surface area contributed by atoms with Crippen molar-refractivity contribution in [1.82, 2.24) is 18.7 Å². The van der Waals surface area contributed by atoms with Crippen molar-refractivity contribution in [2.75, 3.05) is 10.6 Å². The van der Waals surface area contributed by atoms with Crippen LogP contribution < -0.4 is 10.6 Å². The second kappa shape index (κ2) is 7.86. The van der Waals surface area contributed by atoms with Crippen LogP contribution in [0.2, 0.25) is 5.02 Å². The number of pyridine rings is 1. The molecular weight excluding hydrogens is 444 g/mol. The van der Waals surface area contributed by atoms with E-state index in [1.807, 2.05) is 30.5 Å². The van der Waals surface area contributed by atoms with Gasteiger partial charge in [0.1, 0.15) is 5.65 Å². The van der Waals surface area contributed by atoms with Crippen LogP contribution in [0.5, 0.6) is 0 Å². The highest BCUT2D eigenvalue weighted by Gasteiger charge is 2.44. The van der Waals surface area contributed by atoms with E-state index in [1.165, 1.54) is 29.9 Å². The summed E-state index contributed by atoms with van der Waals surface area (Å²) < 4.78 is 6.35. The van der Waals surface area contributed by atoms with Crippen LogP contribution in [0, 0.1) is 5.92 Å². The summed E-state index contributed by atoms with van der Waals surface area (Å²) in [6, 6.07) is 11.9. The first kappa shape index (κ1) is 19.7. The minimum absolute atomic E-state index is 0.0499. The highest BCUT2D eigenvalue weighted by molar-refractivity contribution is 7.09. The maximum absolute atomic E-state index is 12.6. The summed E-state index contributed by atoms with van der Waals surface area (Å²) in [7, 11) is 0. The molecule has 162 valence electrons. The number of hydrogen-bond acceptors (Lipinski definition) is 6. The summed E-state index contributed by atoms with van der Waals surface area (Å²) >= 11 is 7.29. The van der Waals surface area contributed by atoms with Gasteiger partial charge in [-0.25, -0.2) is 4.98 Å². The highest BCUT2D eigenvalue weighted by Crippen LogP contribution is 2.48. The summed E-state index contributed by atoms with van der Waals surface area (Å²) in [5, 5.41) is 7.44. The molecule has 9 heteroatoms. The van der Waals surface area contributed by atoms with Crippen LogP contribution in [0.4, 0.5) is 11.1 Å². The number of fused-ring (bicyclic) bond motifs is 1. The van der Waals surface area contributed by atoms with Crippen molar-refractivity contribution in [2.24, 2.45) is 5.92 Å². The molecule has 0 bridgehead atoms. The van der Waals surface area contributed by atoms with Gasteiger partial charge in [-0.05, 0) is 60.4 Å². The molecule has 0 aliphatic heterocycles. The monoisotopic (exact) mass is 464 g/mol. The summed E-state index contributed by atoms with van der Waals surface area (Å²) in [4.78, 5) is 21.6. The quantitative estimate of drug-likeness (QED) is 0.399. The van der Waals surface area contributed by atoms with Gasteiger partial charge in [-0.15, -0.1) is 0 Å². The summed E-state index contributed by atoms with van der Waals surface area (Å²) in [5.74, 6) is 1.15. The zero-order valence-electron chi connectivity index (χ0n) is 17.2. The van der Waals surface area contributed by atoms with Crippen molar-refractivity contribution in [2.45, 2.75) is 37.6 Å². The Kier molecular flexibility index (Phi) is 4.84. The number of benzene rings is 1. The van der Waals surface area contributed by atoms with E-state index in [0.717, 1.165) is 29.2 Å². The van der Waals surface area contributed by atoms with Crippen LogP contribution in [0.1, 0.15) is 47.9 Å². The summed E-state index contributed by atoms with van der Waals surface area (Å²) in [6.07, 6.45) is 7.61. The predicted molar refractivity (Wildman–Crippen MR) is 125 cm³/mol. The topological polar surface area (TPSA) is 84.2 Å². The van der Waals surface area contributed by atoms with E-state index in [9.17, 15) is 4.79 Å². The Labute approximate surface area is 194 Å². The van der Waals surface area contributed by atoms with E-state index in [4.69, 9.17) is 11.6 Å². The van der Waals surface area contributed by atoms with Gasteiger partial charge in [-0.3, -0.25) is 10.1 Å². The van der Waals surface area contributed by atoms with Gasteiger partial charge >= 0.3 is 0 Å². The lowest BCUT2D eigenvalue weighted by Gasteiger charge is -2.02. The van der Waals surface area contributed by atoms with E-state index in [2.05, 4.69) is 47.7 Å². The molecule has 1 aromatic carbocycles. The van der Waals surface area contributed by atoms with Crippen LogP contribution in [0.3, 0.4) is 0 Å². The Morgan fingerprint density at radius 3 is 2.91 bits per heavy atom. The molecule has 0 saturated heterocycles. The minimum Gasteiger partial charge on any atom is -0.355 e. The van der Waals surface area contributed by atoms with Crippen molar-refractivity contribution >= 4 is 45.8 Å². The van der Waals surface area contributed by atoms with Crippen molar-refractivity contribution in [3.8, 4) is 0 Å². The standard InChI is InChI=1S/C23H21ClN6OS/c24-16-3-1-2-14(8-16)18-9-19(18)21(31)27-22-28-23(32-29-22)25-10-17-12-30-11-15(13-4-5-13)6-7-20(30)26-17/h1-3,6-8,11-13,18-19H,4-5,9-10H2,(H2,25,27,28,29,31)/t18-,19+/m1/s1. The fourth-order valence-electron chi connectivity index (χ4n) is 4.11. The Hall–Kier alpha value is -2.97. The van der Waals surface area contributed by atoms with E-state index < -0.39 is 0 Å². The molecule has 3 heterocycles. The van der Waals surface area contributed by atoms with Crippen molar-refractivity contribution < 1.29 is 4.79 Å². The molecule has 0 unspecified atom stereocenters. The number of aromatic nitrogens is 4. The third-order valence-electron chi connectivity index (χ3n) is 6.06. The van der Waals surface area contributed by atoms with Gasteiger partial charge in [0.25, 0.3) is 0 Å². The molecule has 7 nitrogen and oxygen atoms in total. The van der Waals surface area contributed by atoms with Gasteiger partial charge in [-0.2, -0.15) is 9.36 Å². The van der Waals surface area contributed by atoms with E-state index >= 15 is 0 Å². The number of imidazole rings is 1. The third-order valence-corrected chi connectivity index (χ3v) is 6.97. The SMILES string of the molecule is O=C(Nc1nsc(NCc2cn3cc(C4CC4)ccc3n2)n1)[C@H]1C[C@@H]1c1cccc(Cl)c1. The number of nitrogens with zero attached hydrogens (tertiary/aromatic N) is 4. The molecule has 6 rings (SSSR count). The molecule has 0 spiro atoms. The molecule has 2 N–H and O–H groups in total. The Morgan fingerprint density at radius 1 is 1.16 bits per heavy atom. The lowest BCUT2D eigenvalue weighted by molar-refractivity contribution is -0.117. The number of carbonyl (C=O) groups is 1. The number of amides is 1. The highest BCUT2D eigenvalue weighted by atomic mass is 35.5. The first-order valence-electron chi connectivity index (χ1n) is 10.7. The van der Waals surface area contributed by atoms with Crippen LogP contribution >= 0.6 is 23.1 Å². The van der Waals surface area contributed by atoms with E-state index in [-0.39, 0.29) is 17.7 Å². The Balaban J connectivity index is 1.05. The molecule has 2 aliphatic carbocycles. The first-order chi connectivity index (χ1) is 15.6. The molecule has 2 atom stereocenters. The number of anilines is 2. The molecule has 0 radical (unpaired) electrons. The number of carbonyl (C=O) groups excluding carboxylic acids is 1. The third kappa shape index (κ3) is 4.08. The largest absolute Gasteiger partial charge is 0.355 e. The zero-order chi connectivity index (χ0) is 21.7. The lowest BCUT2D eigenvalue weighted by atomic mass is 10.1. The van der Waals surface area contributed by atoms with Gasteiger partial charge in [0, 0.05) is 34.9 Å². The van der Waals surface area contributed by atoms with Gasteiger partial charge in [0.05, 0.1) is 12.2 Å². The Morgan fingerprint density at radius 2 is 2.06 bits per heavy atom. The second-order valence-corrected chi connectivity index (χ2v) is 9.69. The van der Waals surface area contributed by atoms with Crippen LogP contribution in [0.25, 0.3) is 5.65 Å². The first-order valence-corrected chi connectivity index (χ1v) is 11.9. The van der Waals surface area contributed by atoms with E-state index in [1.54, 1.807) is 0 Å².